The quantitative estimate of drug-likeness (QED) is 0.930. The first-order valence-corrected chi connectivity index (χ1v) is 8.72. The van der Waals surface area contributed by atoms with Crippen LogP contribution in [0.3, 0.4) is 0 Å². The average Bonchev–Trinajstić information content (AvgIpc) is 2.64. The number of hydrogen-bond acceptors (Lipinski definition) is 4. The zero-order chi connectivity index (χ0) is 17.3. The molecule has 0 saturated carbocycles. The van der Waals surface area contributed by atoms with Crippen LogP contribution >= 0.6 is 0 Å². The number of nitrogens with zero attached hydrogens (tertiary/aromatic N) is 1. The van der Waals surface area contributed by atoms with Gasteiger partial charge >= 0.3 is 0 Å². The van der Waals surface area contributed by atoms with E-state index in [1.54, 1.807) is 12.1 Å². The van der Waals surface area contributed by atoms with Gasteiger partial charge < -0.3 is 14.6 Å². The van der Waals surface area contributed by atoms with Crippen molar-refractivity contribution in [1.29, 1.82) is 0 Å². The molecule has 1 saturated heterocycles. The number of likely N-dealkylation sites (tertiary alicyclic amines) is 1. The number of benzene rings is 2. The molecular formula is C20H22FNO3. The average molecular weight is 343 g/mol. The maximum atomic E-state index is 13.1. The molecule has 0 radical (unpaired) electrons. The van der Waals surface area contributed by atoms with Crippen LogP contribution in [0.4, 0.5) is 4.39 Å². The van der Waals surface area contributed by atoms with Gasteiger partial charge in [0.1, 0.15) is 18.5 Å². The number of para-hydroxylation sites is 2. The van der Waals surface area contributed by atoms with Crippen molar-refractivity contribution in [3.8, 4) is 11.5 Å². The third kappa shape index (κ3) is 3.48. The van der Waals surface area contributed by atoms with Crippen LogP contribution in [0.15, 0.2) is 48.5 Å². The molecule has 4 nitrogen and oxygen atoms in total. The molecule has 2 aliphatic rings. The molecule has 1 fully saturated rings. The lowest BCUT2D eigenvalue weighted by atomic mass is 9.84. The van der Waals surface area contributed by atoms with E-state index in [4.69, 9.17) is 9.47 Å². The van der Waals surface area contributed by atoms with E-state index in [9.17, 15) is 9.50 Å². The molecule has 1 N–H and O–H groups in total. The minimum absolute atomic E-state index is 0.00749. The highest BCUT2D eigenvalue weighted by molar-refractivity contribution is 5.40. The summed E-state index contributed by atoms with van der Waals surface area (Å²) < 4.78 is 24.9. The van der Waals surface area contributed by atoms with Crippen molar-refractivity contribution < 1.29 is 19.0 Å². The summed E-state index contributed by atoms with van der Waals surface area (Å²) in [5.41, 5.74) is -0.0829. The summed E-state index contributed by atoms with van der Waals surface area (Å²) in [6.07, 6.45) is 1.25. The standard InChI is InChI=1S/C20H22FNO3/c21-16-7-5-15(6-8-16)20(23)9-11-22(12-10-20)13-17-14-24-18-3-1-2-4-19(18)25-17/h1-8,17,23H,9-14H2. The second kappa shape index (κ2) is 6.65. The molecule has 0 amide bonds. The van der Waals surface area contributed by atoms with Crippen LogP contribution in [0.2, 0.25) is 0 Å². The molecule has 25 heavy (non-hydrogen) atoms. The summed E-state index contributed by atoms with van der Waals surface area (Å²) in [5, 5.41) is 10.9. The van der Waals surface area contributed by atoms with Crippen LogP contribution in [0.25, 0.3) is 0 Å². The Labute approximate surface area is 146 Å². The van der Waals surface area contributed by atoms with Crippen LogP contribution in [0, 0.1) is 5.82 Å². The van der Waals surface area contributed by atoms with Crippen LogP contribution in [0.5, 0.6) is 11.5 Å². The van der Waals surface area contributed by atoms with Crippen molar-refractivity contribution in [2.24, 2.45) is 0 Å². The van der Waals surface area contributed by atoms with E-state index in [1.165, 1.54) is 12.1 Å². The topological polar surface area (TPSA) is 41.9 Å². The first-order valence-electron chi connectivity index (χ1n) is 8.72. The molecule has 2 heterocycles. The van der Waals surface area contributed by atoms with Crippen molar-refractivity contribution >= 4 is 0 Å². The van der Waals surface area contributed by atoms with Gasteiger partial charge in [-0.1, -0.05) is 24.3 Å². The summed E-state index contributed by atoms with van der Waals surface area (Å²) in [6, 6.07) is 13.9. The van der Waals surface area contributed by atoms with E-state index in [-0.39, 0.29) is 11.9 Å². The normalized spacial score (nSPS) is 22.6. The summed E-state index contributed by atoms with van der Waals surface area (Å²) >= 11 is 0. The van der Waals surface area contributed by atoms with E-state index in [0.717, 1.165) is 36.7 Å². The van der Waals surface area contributed by atoms with Gasteiger partial charge in [-0.25, -0.2) is 4.39 Å². The van der Waals surface area contributed by atoms with Crippen molar-refractivity contribution in [3.05, 3.63) is 59.9 Å². The Morgan fingerprint density at radius 2 is 1.72 bits per heavy atom. The predicted octanol–water partition coefficient (Wildman–Crippen LogP) is 2.95. The van der Waals surface area contributed by atoms with Gasteiger partial charge in [0.15, 0.2) is 11.5 Å². The van der Waals surface area contributed by atoms with Gasteiger partial charge in [0.05, 0.1) is 5.60 Å². The number of piperidine rings is 1. The Balaban J connectivity index is 1.34. The van der Waals surface area contributed by atoms with Gasteiger partial charge in [0, 0.05) is 19.6 Å². The minimum Gasteiger partial charge on any atom is -0.486 e. The third-order valence-electron chi connectivity index (χ3n) is 5.09. The Morgan fingerprint density at radius 1 is 1.04 bits per heavy atom. The van der Waals surface area contributed by atoms with E-state index in [0.29, 0.717) is 19.4 Å². The lowest BCUT2D eigenvalue weighted by Gasteiger charge is -2.40. The highest BCUT2D eigenvalue weighted by atomic mass is 19.1. The number of ether oxygens (including phenoxy) is 2. The fourth-order valence-electron chi connectivity index (χ4n) is 3.60. The highest BCUT2D eigenvalue weighted by Gasteiger charge is 2.35. The summed E-state index contributed by atoms with van der Waals surface area (Å²) in [5.74, 6) is 1.31. The molecule has 1 atom stereocenters. The van der Waals surface area contributed by atoms with Crippen LogP contribution in [-0.2, 0) is 5.60 Å². The molecule has 1 unspecified atom stereocenters. The summed E-state index contributed by atoms with van der Waals surface area (Å²) in [6.45, 7) is 2.86. The Kier molecular flexibility index (Phi) is 4.36. The second-order valence-corrected chi connectivity index (χ2v) is 6.84. The van der Waals surface area contributed by atoms with E-state index < -0.39 is 5.60 Å². The maximum Gasteiger partial charge on any atom is 0.161 e. The molecule has 4 rings (SSSR count). The number of fused-ring (bicyclic) bond motifs is 1. The van der Waals surface area contributed by atoms with Gasteiger partial charge in [-0.15, -0.1) is 0 Å². The first kappa shape index (κ1) is 16.4. The lowest BCUT2D eigenvalue weighted by Crippen LogP contribution is -2.47. The number of halogens is 1. The van der Waals surface area contributed by atoms with Gasteiger partial charge in [-0.2, -0.15) is 0 Å². The fraction of sp³-hybridized carbons (Fsp3) is 0.400. The number of rotatable bonds is 3. The molecule has 5 heteroatoms. The molecule has 2 aliphatic heterocycles. The Bertz CT molecular complexity index is 726. The summed E-state index contributed by atoms with van der Waals surface area (Å²) in [4.78, 5) is 2.29. The van der Waals surface area contributed by atoms with Gasteiger partial charge in [0.25, 0.3) is 0 Å². The van der Waals surface area contributed by atoms with Crippen molar-refractivity contribution in [3.63, 3.8) is 0 Å². The third-order valence-corrected chi connectivity index (χ3v) is 5.09. The Morgan fingerprint density at radius 3 is 2.44 bits per heavy atom. The van der Waals surface area contributed by atoms with Crippen LogP contribution in [0.1, 0.15) is 18.4 Å². The molecule has 0 bridgehead atoms. The molecule has 0 aliphatic carbocycles. The van der Waals surface area contributed by atoms with Gasteiger partial charge in [-0.3, -0.25) is 4.90 Å². The molecule has 2 aromatic rings. The maximum absolute atomic E-state index is 13.1. The van der Waals surface area contributed by atoms with E-state index in [2.05, 4.69) is 4.90 Å². The monoisotopic (exact) mass is 343 g/mol. The lowest BCUT2D eigenvalue weighted by molar-refractivity contribution is -0.0373. The molecular weight excluding hydrogens is 321 g/mol. The minimum atomic E-state index is -0.874. The van der Waals surface area contributed by atoms with E-state index in [1.807, 2.05) is 24.3 Å². The first-order chi connectivity index (χ1) is 12.1. The van der Waals surface area contributed by atoms with Gasteiger partial charge in [0.2, 0.25) is 0 Å². The zero-order valence-electron chi connectivity index (χ0n) is 14.0. The fourth-order valence-corrected chi connectivity index (χ4v) is 3.60. The predicted molar refractivity (Wildman–Crippen MR) is 92.3 cm³/mol. The van der Waals surface area contributed by atoms with Crippen molar-refractivity contribution in [2.75, 3.05) is 26.2 Å². The van der Waals surface area contributed by atoms with Gasteiger partial charge in [-0.05, 0) is 42.7 Å². The molecule has 0 spiro atoms. The van der Waals surface area contributed by atoms with Crippen molar-refractivity contribution in [1.82, 2.24) is 4.90 Å². The summed E-state index contributed by atoms with van der Waals surface area (Å²) in [7, 11) is 0. The number of aliphatic hydroxyl groups is 1. The van der Waals surface area contributed by atoms with Crippen molar-refractivity contribution in [2.45, 2.75) is 24.5 Å². The molecule has 2 aromatic carbocycles. The zero-order valence-corrected chi connectivity index (χ0v) is 14.0. The van der Waals surface area contributed by atoms with Crippen LogP contribution < -0.4 is 9.47 Å². The SMILES string of the molecule is OC1(c2ccc(F)cc2)CCN(CC2COc3ccccc3O2)CC1. The second-order valence-electron chi connectivity index (χ2n) is 6.84. The van der Waals surface area contributed by atoms with Crippen LogP contribution in [-0.4, -0.2) is 42.4 Å². The number of hydrogen-bond donors (Lipinski definition) is 1. The largest absolute Gasteiger partial charge is 0.486 e. The molecule has 0 aromatic heterocycles. The van der Waals surface area contributed by atoms with E-state index >= 15 is 0 Å². The molecule has 132 valence electrons. The Hall–Kier alpha value is -2.11. The highest BCUT2D eigenvalue weighted by Crippen LogP contribution is 2.34. The smallest absolute Gasteiger partial charge is 0.161 e.